The Morgan fingerprint density at radius 3 is 2.31 bits per heavy atom. The van der Waals surface area contributed by atoms with Gasteiger partial charge in [-0.3, -0.25) is 0 Å². The molecule has 1 atom stereocenters. The highest BCUT2D eigenvalue weighted by Crippen LogP contribution is 2.35. The Bertz CT molecular complexity index is 1250. The Balaban J connectivity index is 0.00000237. The zero-order valence-corrected chi connectivity index (χ0v) is 24.4. The first-order chi connectivity index (χ1) is 20.3. The summed E-state index contributed by atoms with van der Waals surface area (Å²) >= 11 is 0. The van der Waals surface area contributed by atoms with E-state index in [2.05, 4.69) is 33.0 Å². The number of benzene rings is 2. The summed E-state index contributed by atoms with van der Waals surface area (Å²) in [7, 11) is 2.50. The van der Waals surface area contributed by atoms with Crippen molar-refractivity contribution in [2.75, 3.05) is 51.9 Å². The van der Waals surface area contributed by atoms with Crippen LogP contribution in [0.4, 0.5) is 24.1 Å². The summed E-state index contributed by atoms with van der Waals surface area (Å²) in [6, 6.07) is 10.4. The monoisotopic (exact) mass is 587 g/mol. The van der Waals surface area contributed by atoms with Crippen LogP contribution in [0.3, 0.4) is 0 Å². The van der Waals surface area contributed by atoms with E-state index in [4.69, 9.17) is 9.47 Å². The van der Waals surface area contributed by atoms with E-state index in [1.54, 1.807) is 0 Å². The number of urea groups is 2. The molecule has 1 fully saturated rings. The molecule has 0 aliphatic carbocycles. The van der Waals surface area contributed by atoms with Crippen LogP contribution in [-0.2, 0) is 14.3 Å². The average Bonchev–Trinajstić information content (AvgIpc) is 3.02. The maximum atomic E-state index is 14.2. The summed E-state index contributed by atoms with van der Waals surface area (Å²) in [6.07, 6.45) is 1.87. The summed E-state index contributed by atoms with van der Waals surface area (Å²) in [6.45, 7) is 6.27. The minimum atomic E-state index is -1.38. The minimum Gasteiger partial charge on any atom is -0.466 e. The zero-order chi connectivity index (χ0) is 30.6. The van der Waals surface area contributed by atoms with E-state index in [1.165, 1.54) is 18.9 Å². The number of nitrogens with zero attached hydrogens (tertiary/aromatic N) is 2. The SMILES string of the molecule is CC.COCC1=C(C(=O)OC)[C@H](c2ccc(F)c(F)c2)N(C(=O)NCCNC2CCN(c3ccccc3)CC2)C(=O)N1. The van der Waals surface area contributed by atoms with Crippen molar-refractivity contribution < 1.29 is 32.6 Å². The topological polar surface area (TPSA) is 112 Å². The Morgan fingerprint density at radius 1 is 1.00 bits per heavy atom. The molecule has 3 N–H and O–H groups in total. The van der Waals surface area contributed by atoms with E-state index in [-0.39, 0.29) is 36.0 Å². The van der Waals surface area contributed by atoms with E-state index in [1.807, 2.05) is 32.0 Å². The van der Waals surface area contributed by atoms with Crippen molar-refractivity contribution in [3.63, 3.8) is 0 Å². The molecule has 0 radical (unpaired) electrons. The number of methoxy groups -OCH3 is 2. The number of hydrogen-bond donors (Lipinski definition) is 3. The second-order valence-corrected chi connectivity index (χ2v) is 9.48. The fourth-order valence-electron chi connectivity index (χ4n) is 4.99. The van der Waals surface area contributed by atoms with Crippen molar-refractivity contribution in [1.82, 2.24) is 20.9 Å². The van der Waals surface area contributed by atoms with Crippen LogP contribution < -0.4 is 20.9 Å². The number of esters is 1. The predicted octanol–water partition coefficient (Wildman–Crippen LogP) is 4.10. The molecule has 2 aromatic rings. The van der Waals surface area contributed by atoms with Gasteiger partial charge in [0.1, 0.15) is 6.04 Å². The highest BCUT2D eigenvalue weighted by Gasteiger charge is 2.43. The Kier molecular flexibility index (Phi) is 12.2. The van der Waals surface area contributed by atoms with Gasteiger partial charge in [0, 0.05) is 45.0 Å². The van der Waals surface area contributed by atoms with Crippen LogP contribution in [0.2, 0.25) is 0 Å². The Hall–Kier alpha value is -4.03. The van der Waals surface area contributed by atoms with Crippen LogP contribution in [0.15, 0.2) is 59.8 Å². The Morgan fingerprint density at radius 2 is 1.69 bits per heavy atom. The van der Waals surface area contributed by atoms with Crippen molar-refractivity contribution in [3.05, 3.63) is 77.0 Å². The second kappa shape index (κ2) is 15.8. The molecule has 10 nitrogen and oxygen atoms in total. The number of carbonyl (C=O) groups is 3. The number of piperidine rings is 1. The molecule has 2 heterocycles. The van der Waals surface area contributed by atoms with Gasteiger partial charge in [-0.2, -0.15) is 0 Å². The first kappa shape index (κ1) is 32.5. The molecule has 0 spiro atoms. The molecule has 0 aromatic heterocycles. The molecule has 0 saturated carbocycles. The average molecular weight is 588 g/mol. The van der Waals surface area contributed by atoms with Crippen LogP contribution in [0, 0.1) is 11.6 Å². The molecule has 2 aromatic carbocycles. The third-order valence-electron chi connectivity index (χ3n) is 6.96. The minimum absolute atomic E-state index is 0.0150. The largest absolute Gasteiger partial charge is 0.466 e. The maximum Gasteiger partial charge on any atom is 0.338 e. The van der Waals surface area contributed by atoms with E-state index < -0.39 is 35.7 Å². The van der Waals surface area contributed by atoms with Crippen molar-refractivity contribution in [2.45, 2.75) is 38.8 Å². The fraction of sp³-hybridized carbons (Fsp3) is 0.433. The molecular weight excluding hydrogens is 548 g/mol. The van der Waals surface area contributed by atoms with Gasteiger partial charge in [-0.1, -0.05) is 38.1 Å². The lowest BCUT2D eigenvalue weighted by Crippen LogP contribution is -2.56. The molecule has 1 saturated heterocycles. The van der Waals surface area contributed by atoms with E-state index in [0.717, 1.165) is 50.1 Å². The molecule has 0 bridgehead atoms. The van der Waals surface area contributed by atoms with Crippen molar-refractivity contribution in [3.8, 4) is 0 Å². The quantitative estimate of drug-likeness (QED) is 0.299. The molecule has 228 valence electrons. The van der Waals surface area contributed by atoms with Gasteiger partial charge in [0.2, 0.25) is 0 Å². The summed E-state index contributed by atoms with van der Waals surface area (Å²) in [5.74, 6) is -3.16. The number of imide groups is 1. The number of amides is 4. The van der Waals surface area contributed by atoms with Crippen molar-refractivity contribution in [2.24, 2.45) is 0 Å². The maximum absolute atomic E-state index is 14.2. The molecule has 12 heteroatoms. The first-order valence-corrected chi connectivity index (χ1v) is 14.0. The van der Waals surface area contributed by atoms with Gasteiger partial charge in [-0.25, -0.2) is 28.1 Å². The van der Waals surface area contributed by atoms with E-state index >= 15 is 0 Å². The number of carbonyl (C=O) groups excluding carboxylic acids is 3. The molecule has 4 rings (SSSR count). The van der Waals surface area contributed by atoms with Crippen LogP contribution in [0.1, 0.15) is 38.3 Å². The zero-order valence-electron chi connectivity index (χ0n) is 24.4. The third kappa shape index (κ3) is 7.83. The molecule has 0 unspecified atom stereocenters. The lowest BCUT2D eigenvalue weighted by Gasteiger charge is -2.37. The van der Waals surface area contributed by atoms with Gasteiger partial charge in [0.05, 0.1) is 25.0 Å². The van der Waals surface area contributed by atoms with Gasteiger partial charge in [-0.15, -0.1) is 0 Å². The molecule has 42 heavy (non-hydrogen) atoms. The summed E-state index contributed by atoms with van der Waals surface area (Å²) in [5.41, 5.74) is 1.13. The summed E-state index contributed by atoms with van der Waals surface area (Å²) in [5, 5.41) is 8.61. The lowest BCUT2D eigenvalue weighted by atomic mass is 9.93. The van der Waals surface area contributed by atoms with Crippen molar-refractivity contribution >= 4 is 23.7 Å². The number of para-hydroxylation sites is 1. The highest BCUT2D eigenvalue weighted by atomic mass is 19.2. The first-order valence-electron chi connectivity index (χ1n) is 14.0. The predicted molar refractivity (Wildman–Crippen MR) is 155 cm³/mol. The van der Waals surface area contributed by atoms with Gasteiger partial charge in [-0.05, 0) is 42.7 Å². The van der Waals surface area contributed by atoms with Crippen LogP contribution >= 0.6 is 0 Å². The fourth-order valence-corrected chi connectivity index (χ4v) is 4.99. The third-order valence-corrected chi connectivity index (χ3v) is 6.96. The number of anilines is 1. The number of halogens is 2. The van der Waals surface area contributed by atoms with Gasteiger partial charge >= 0.3 is 18.0 Å². The summed E-state index contributed by atoms with van der Waals surface area (Å²) in [4.78, 5) is 42.2. The van der Waals surface area contributed by atoms with Crippen LogP contribution in [0.25, 0.3) is 0 Å². The van der Waals surface area contributed by atoms with Crippen LogP contribution in [0.5, 0.6) is 0 Å². The molecule has 2 aliphatic heterocycles. The lowest BCUT2D eigenvalue weighted by molar-refractivity contribution is -0.137. The van der Waals surface area contributed by atoms with Gasteiger partial charge in [0.15, 0.2) is 11.6 Å². The van der Waals surface area contributed by atoms with E-state index in [9.17, 15) is 23.2 Å². The number of nitrogens with one attached hydrogen (secondary N) is 3. The standard InChI is InChI=1S/C28H33F2N5O5.C2H6/c1-39-17-23-24(26(36)40-2)25(18-8-9-21(29)22(30)16-18)35(28(38)33-23)27(37)32-13-12-31-19-10-14-34(15-11-19)20-6-4-3-5-7-20;1-2/h3-9,16,19,25,31H,10-15,17H2,1-2H3,(H,32,37)(H,33,38);1-2H3/t25-;/m0./s1. The van der Waals surface area contributed by atoms with E-state index in [0.29, 0.717) is 6.54 Å². The molecular formula is C30H39F2N5O5. The highest BCUT2D eigenvalue weighted by molar-refractivity contribution is 6.01. The second-order valence-electron chi connectivity index (χ2n) is 9.48. The number of ether oxygens (including phenoxy) is 2. The molecule has 4 amide bonds. The van der Waals surface area contributed by atoms with Gasteiger partial charge < -0.3 is 30.3 Å². The Labute approximate surface area is 245 Å². The van der Waals surface area contributed by atoms with Crippen LogP contribution in [-0.4, -0.2) is 76.0 Å². The molecule has 2 aliphatic rings. The summed E-state index contributed by atoms with van der Waals surface area (Å²) < 4.78 is 37.9. The number of rotatable bonds is 9. The van der Waals surface area contributed by atoms with Gasteiger partial charge in [0.25, 0.3) is 0 Å². The number of hydrogen-bond acceptors (Lipinski definition) is 7. The normalized spacial score (nSPS) is 17.3. The van der Waals surface area contributed by atoms with Crippen molar-refractivity contribution in [1.29, 1.82) is 0 Å². The smallest absolute Gasteiger partial charge is 0.338 e.